The molecule has 1 saturated carbocycles. The Labute approximate surface area is 52.2 Å². The van der Waals surface area contributed by atoms with Crippen molar-refractivity contribution in [2.24, 2.45) is 0 Å². The van der Waals surface area contributed by atoms with E-state index >= 15 is 0 Å². The van der Waals surface area contributed by atoms with Crippen LogP contribution in [0.25, 0.3) is 0 Å². The van der Waals surface area contributed by atoms with Gasteiger partial charge in [0, 0.05) is 6.10 Å². The van der Waals surface area contributed by atoms with Crippen molar-refractivity contribution in [2.45, 2.75) is 38.6 Å². The second kappa shape index (κ2) is 1.85. The van der Waals surface area contributed by atoms with Crippen molar-refractivity contribution in [2.75, 3.05) is 0 Å². The minimum atomic E-state index is -1.16. The highest BCUT2D eigenvalue weighted by Gasteiger charge is 2.28. The van der Waals surface area contributed by atoms with Crippen molar-refractivity contribution in [3.63, 3.8) is 0 Å². The van der Waals surface area contributed by atoms with Crippen LogP contribution in [0.15, 0.2) is 0 Å². The van der Waals surface area contributed by atoms with E-state index in [1.165, 1.54) is 12.8 Å². The summed E-state index contributed by atoms with van der Waals surface area (Å²) in [6.07, 6.45) is 3.27. The van der Waals surface area contributed by atoms with Crippen LogP contribution >= 0.6 is 0 Å². The predicted octanol–water partition coefficient (Wildman–Crippen LogP) is 2.00. The van der Waals surface area contributed by atoms with Gasteiger partial charge in [-0.1, -0.05) is 0 Å². The lowest BCUT2D eigenvalue weighted by atomic mass is 10.9. The van der Waals surface area contributed by atoms with Crippen LogP contribution in [0.2, 0.25) is 19.6 Å². The first kappa shape index (κ1) is 6.30. The fraction of sp³-hybridized carbons (Fsp3) is 1.00. The molecular formula is C6H14OSi. The first-order chi connectivity index (χ1) is 3.58. The summed E-state index contributed by atoms with van der Waals surface area (Å²) < 4.78 is 5.69. The zero-order chi connectivity index (χ0) is 6.20. The first-order valence-electron chi connectivity index (χ1n) is 3.26. The molecule has 0 aromatic carbocycles. The summed E-state index contributed by atoms with van der Waals surface area (Å²) in [5.41, 5.74) is 0. The molecule has 0 saturated heterocycles. The predicted molar refractivity (Wildman–Crippen MR) is 37.5 cm³/mol. The molecule has 0 unspecified atom stereocenters. The maximum absolute atomic E-state index is 5.69. The second-order valence-electron chi connectivity index (χ2n) is 3.43. The van der Waals surface area contributed by atoms with Gasteiger partial charge in [-0.25, -0.2) is 0 Å². The molecule has 1 aliphatic carbocycles. The summed E-state index contributed by atoms with van der Waals surface area (Å²) in [6, 6.07) is 0. The molecule has 2 heteroatoms. The molecule has 0 aliphatic heterocycles. The van der Waals surface area contributed by atoms with Crippen molar-refractivity contribution in [3.8, 4) is 0 Å². The van der Waals surface area contributed by atoms with Gasteiger partial charge in [0.2, 0.25) is 0 Å². The Bertz CT molecular complexity index is 81.0. The highest BCUT2D eigenvalue weighted by molar-refractivity contribution is 6.69. The van der Waals surface area contributed by atoms with Crippen molar-refractivity contribution in [1.29, 1.82) is 0 Å². The lowest BCUT2D eigenvalue weighted by molar-refractivity contribution is 0.296. The fourth-order valence-electron chi connectivity index (χ4n) is 0.686. The highest BCUT2D eigenvalue weighted by atomic mass is 28.4. The molecule has 0 aromatic heterocycles. The monoisotopic (exact) mass is 130 g/mol. The Balaban J connectivity index is 2.16. The Kier molecular flexibility index (Phi) is 1.45. The lowest BCUT2D eigenvalue weighted by Gasteiger charge is -2.15. The molecule has 0 bridgehead atoms. The summed E-state index contributed by atoms with van der Waals surface area (Å²) in [5.74, 6) is 0. The molecule has 0 radical (unpaired) electrons. The summed E-state index contributed by atoms with van der Waals surface area (Å²) in [7, 11) is -1.16. The van der Waals surface area contributed by atoms with Gasteiger partial charge in [0.15, 0.2) is 8.32 Å². The number of hydrogen-bond acceptors (Lipinski definition) is 1. The van der Waals surface area contributed by atoms with E-state index in [0.717, 1.165) is 0 Å². The number of rotatable bonds is 2. The zero-order valence-corrected chi connectivity index (χ0v) is 6.90. The maximum atomic E-state index is 5.69. The van der Waals surface area contributed by atoms with Crippen molar-refractivity contribution in [1.82, 2.24) is 0 Å². The van der Waals surface area contributed by atoms with Crippen LogP contribution in [0.1, 0.15) is 12.8 Å². The van der Waals surface area contributed by atoms with Gasteiger partial charge in [0.05, 0.1) is 0 Å². The van der Waals surface area contributed by atoms with Gasteiger partial charge in [-0.15, -0.1) is 0 Å². The Morgan fingerprint density at radius 1 is 1.25 bits per heavy atom. The Morgan fingerprint density at radius 3 is 1.88 bits per heavy atom. The molecule has 1 aliphatic rings. The molecular weight excluding hydrogens is 116 g/mol. The standard InChI is InChI=1S/C6H14OSi/c1-8(2,3)7-6-4-5-6/h6H,4-5H2,1-3H3. The van der Waals surface area contributed by atoms with Gasteiger partial charge in [0.25, 0.3) is 0 Å². The van der Waals surface area contributed by atoms with Crippen LogP contribution in [-0.4, -0.2) is 14.4 Å². The average Bonchev–Trinajstić information content (AvgIpc) is 2.12. The first-order valence-corrected chi connectivity index (χ1v) is 6.66. The normalized spacial score (nSPS) is 21.4. The highest BCUT2D eigenvalue weighted by Crippen LogP contribution is 2.26. The van der Waals surface area contributed by atoms with Gasteiger partial charge in [-0.05, 0) is 32.5 Å². The lowest BCUT2D eigenvalue weighted by Crippen LogP contribution is -2.26. The summed E-state index contributed by atoms with van der Waals surface area (Å²) in [6.45, 7) is 6.72. The van der Waals surface area contributed by atoms with Gasteiger partial charge in [-0.3, -0.25) is 0 Å². The van der Waals surface area contributed by atoms with Crippen molar-refractivity contribution < 1.29 is 4.43 Å². The third kappa shape index (κ3) is 2.48. The van der Waals surface area contributed by atoms with E-state index in [1.807, 2.05) is 0 Å². The SMILES string of the molecule is C[Si](C)(C)OC1CC1. The van der Waals surface area contributed by atoms with Crippen LogP contribution in [0.5, 0.6) is 0 Å². The van der Waals surface area contributed by atoms with Gasteiger partial charge < -0.3 is 4.43 Å². The third-order valence-electron chi connectivity index (χ3n) is 1.04. The van der Waals surface area contributed by atoms with Crippen molar-refractivity contribution in [3.05, 3.63) is 0 Å². The zero-order valence-electron chi connectivity index (χ0n) is 5.90. The van der Waals surface area contributed by atoms with E-state index < -0.39 is 8.32 Å². The van der Waals surface area contributed by atoms with Gasteiger partial charge in [0.1, 0.15) is 0 Å². The maximum Gasteiger partial charge on any atom is 0.184 e. The third-order valence-corrected chi connectivity index (χ3v) is 2.09. The molecule has 48 valence electrons. The van der Waals surface area contributed by atoms with Crippen molar-refractivity contribution >= 4 is 8.32 Å². The topological polar surface area (TPSA) is 9.23 Å². The van der Waals surface area contributed by atoms with Gasteiger partial charge >= 0.3 is 0 Å². The molecule has 0 aromatic rings. The molecule has 0 N–H and O–H groups in total. The molecule has 0 amide bonds. The van der Waals surface area contributed by atoms with Crippen LogP contribution < -0.4 is 0 Å². The molecule has 0 atom stereocenters. The van der Waals surface area contributed by atoms with Crippen LogP contribution in [0, 0.1) is 0 Å². The molecule has 0 spiro atoms. The minimum absolute atomic E-state index is 0.654. The summed E-state index contributed by atoms with van der Waals surface area (Å²) in [5, 5.41) is 0. The second-order valence-corrected chi connectivity index (χ2v) is 7.89. The molecule has 1 rings (SSSR count). The van der Waals surface area contributed by atoms with Crippen LogP contribution in [0.4, 0.5) is 0 Å². The largest absolute Gasteiger partial charge is 0.415 e. The van der Waals surface area contributed by atoms with E-state index in [2.05, 4.69) is 19.6 Å². The van der Waals surface area contributed by atoms with E-state index in [-0.39, 0.29) is 0 Å². The quantitative estimate of drug-likeness (QED) is 0.519. The van der Waals surface area contributed by atoms with Gasteiger partial charge in [-0.2, -0.15) is 0 Å². The smallest absolute Gasteiger partial charge is 0.184 e. The van der Waals surface area contributed by atoms with E-state index in [4.69, 9.17) is 4.43 Å². The van der Waals surface area contributed by atoms with Crippen LogP contribution in [0.3, 0.4) is 0 Å². The summed E-state index contributed by atoms with van der Waals surface area (Å²) in [4.78, 5) is 0. The molecule has 1 fully saturated rings. The van der Waals surface area contributed by atoms with E-state index in [0.29, 0.717) is 6.10 Å². The van der Waals surface area contributed by atoms with E-state index in [9.17, 15) is 0 Å². The molecule has 0 heterocycles. The molecule has 8 heavy (non-hydrogen) atoms. The Morgan fingerprint density at radius 2 is 1.75 bits per heavy atom. The minimum Gasteiger partial charge on any atom is -0.415 e. The number of hydrogen-bond donors (Lipinski definition) is 0. The fourth-order valence-corrected chi connectivity index (χ4v) is 1.92. The summed E-state index contributed by atoms with van der Waals surface area (Å²) >= 11 is 0. The molecule has 1 nitrogen and oxygen atoms in total. The van der Waals surface area contributed by atoms with E-state index in [1.54, 1.807) is 0 Å². The average molecular weight is 130 g/mol. The van der Waals surface area contributed by atoms with Crippen LogP contribution in [-0.2, 0) is 4.43 Å². The Hall–Kier alpha value is 0.177.